The van der Waals surface area contributed by atoms with E-state index in [1.165, 1.54) is 19.3 Å². The quantitative estimate of drug-likeness (QED) is 0.901. The van der Waals surface area contributed by atoms with Gasteiger partial charge in [-0.15, -0.1) is 11.8 Å². The summed E-state index contributed by atoms with van der Waals surface area (Å²) in [6, 6.07) is 0.226. The van der Waals surface area contributed by atoms with E-state index in [9.17, 15) is 0 Å². The average molecular weight is 326 g/mol. The standard InChI is InChI=1S/C15H23N3OS2/c1-7-8(2)21-11(6-20-7)14-17-15(19-18-14)12-9-3-4-10(5-9)13(12)16/h7-13H,3-6,16H2,1-2H3. The van der Waals surface area contributed by atoms with Crippen molar-refractivity contribution in [2.75, 3.05) is 5.75 Å². The number of nitrogens with two attached hydrogens (primary N) is 1. The van der Waals surface area contributed by atoms with Crippen LogP contribution in [0.15, 0.2) is 4.52 Å². The van der Waals surface area contributed by atoms with Crippen molar-refractivity contribution in [1.82, 2.24) is 10.1 Å². The summed E-state index contributed by atoms with van der Waals surface area (Å²) in [4.78, 5) is 4.75. The molecule has 3 fully saturated rings. The molecule has 2 aliphatic carbocycles. The Morgan fingerprint density at radius 3 is 2.71 bits per heavy atom. The lowest BCUT2D eigenvalue weighted by molar-refractivity contribution is 0.278. The molecule has 1 saturated heterocycles. The Kier molecular flexibility index (Phi) is 3.74. The van der Waals surface area contributed by atoms with E-state index in [0.29, 0.717) is 33.5 Å². The number of hydrogen-bond acceptors (Lipinski definition) is 6. The second-order valence-corrected chi connectivity index (χ2v) is 9.79. The molecule has 0 spiro atoms. The van der Waals surface area contributed by atoms with Crippen molar-refractivity contribution < 1.29 is 4.52 Å². The molecule has 6 heteroatoms. The summed E-state index contributed by atoms with van der Waals surface area (Å²) in [6.45, 7) is 4.59. The third-order valence-corrected chi connectivity index (χ3v) is 8.95. The normalized spacial score (nSPS) is 46.1. The fraction of sp³-hybridized carbons (Fsp3) is 0.867. The Balaban J connectivity index is 1.51. The number of nitrogens with zero attached hydrogens (tertiary/aromatic N) is 2. The van der Waals surface area contributed by atoms with Crippen molar-refractivity contribution in [3.8, 4) is 0 Å². The van der Waals surface area contributed by atoms with Gasteiger partial charge in [-0.3, -0.25) is 0 Å². The van der Waals surface area contributed by atoms with E-state index < -0.39 is 0 Å². The van der Waals surface area contributed by atoms with Gasteiger partial charge in [0.2, 0.25) is 5.89 Å². The zero-order valence-electron chi connectivity index (χ0n) is 12.6. The maximum atomic E-state index is 6.39. The molecule has 4 nitrogen and oxygen atoms in total. The topological polar surface area (TPSA) is 64.9 Å². The molecule has 2 bridgehead atoms. The highest BCUT2D eigenvalue weighted by Crippen LogP contribution is 2.52. The van der Waals surface area contributed by atoms with Gasteiger partial charge in [-0.05, 0) is 31.1 Å². The molecule has 2 saturated carbocycles. The molecular formula is C15H23N3OS2. The molecule has 2 heterocycles. The summed E-state index contributed by atoms with van der Waals surface area (Å²) in [6.07, 6.45) is 3.82. The molecule has 7 atom stereocenters. The van der Waals surface area contributed by atoms with Gasteiger partial charge in [0.05, 0.1) is 11.2 Å². The van der Waals surface area contributed by atoms with Gasteiger partial charge in [-0.25, -0.2) is 0 Å². The van der Waals surface area contributed by atoms with Crippen LogP contribution in [0.25, 0.3) is 0 Å². The molecule has 1 aromatic rings. The van der Waals surface area contributed by atoms with Crippen molar-refractivity contribution in [1.29, 1.82) is 0 Å². The first-order valence-electron chi connectivity index (χ1n) is 7.99. The Bertz CT molecular complexity index is 521. The van der Waals surface area contributed by atoms with Gasteiger partial charge < -0.3 is 10.3 Å². The summed E-state index contributed by atoms with van der Waals surface area (Å²) in [5.74, 6) is 4.43. The number of thioether (sulfide) groups is 2. The molecule has 0 aromatic carbocycles. The summed E-state index contributed by atoms with van der Waals surface area (Å²) >= 11 is 4.00. The van der Waals surface area contributed by atoms with Crippen LogP contribution in [-0.2, 0) is 0 Å². The molecule has 21 heavy (non-hydrogen) atoms. The predicted molar refractivity (Wildman–Crippen MR) is 87.6 cm³/mol. The lowest BCUT2D eigenvalue weighted by Crippen LogP contribution is -2.34. The van der Waals surface area contributed by atoms with Crippen molar-refractivity contribution in [2.45, 2.75) is 60.8 Å². The largest absolute Gasteiger partial charge is 0.339 e. The van der Waals surface area contributed by atoms with Crippen LogP contribution < -0.4 is 5.73 Å². The highest BCUT2D eigenvalue weighted by Gasteiger charge is 2.49. The zero-order chi connectivity index (χ0) is 14.6. The van der Waals surface area contributed by atoms with Crippen LogP contribution in [0.3, 0.4) is 0 Å². The fourth-order valence-corrected chi connectivity index (χ4v) is 6.97. The summed E-state index contributed by atoms with van der Waals surface area (Å²) in [5.41, 5.74) is 6.39. The lowest BCUT2D eigenvalue weighted by atomic mass is 9.85. The maximum absolute atomic E-state index is 6.39. The van der Waals surface area contributed by atoms with Gasteiger partial charge in [0, 0.05) is 22.3 Å². The Morgan fingerprint density at radius 1 is 1.19 bits per heavy atom. The third kappa shape index (κ3) is 2.43. The van der Waals surface area contributed by atoms with Crippen LogP contribution in [0.2, 0.25) is 0 Å². The van der Waals surface area contributed by atoms with E-state index in [1.807, 2.05) is 23.5 Å². The van der Waals surface area contributed by atoms with E-state index in [0.717, 1.165) is 17.5 Å². The minimum atomic E-state index is 0.226. The van der Waals surface area contributed by atoms with Crippen molar-refractivity contribution in [3.63, 3.8) is 0 Å². The summed E-state index contributed by atoms with van der Waals surface area (Å²) in [5, 5.41) is 6.00. The molecule has 116 valence electrons. The zero-order valence-corrected chi connectivity index (χ0v) is 14.2. The SMILES string of the molecule is CC1SCC(c2noc(C3C4CCC(C4)C3N)n2)SC1C. The van der Waals surface area contributed by atoms with Gasteiger partial charge in [-0.1, -0.05) is 19.0 Å². The first-order valence-corrected chi connectivity index (χ1v) is 9.98. The number of aromatic nitrogens is 2. The molecular weight excluding hydrogens is 302 g/mol. The van der Waals surface area contributed by atoms with E-state index in [-0.39, 0.29) is 6.04 Å². The number of rotatable bonds is 2. The van der Waals surface area contributed by atoms with Crippen LogP contribution >= 0.6 is 23.5 Å². The molecule has 1 aromatic heterocycles. The first kappa shape index (κ1) is 14.4. The fourth-order valence-electron chi connectivity index (χ4n) is 4.13. The van der Waals surface area contributed by atoms with Crippen molar-refractivity contribution in [3.05, 3.63) is 11.7 Å². The van der Waals surface area contributed by atoms with Crippen LogP contribution in [0.5, 0.6) is 0 Å². The molecule has 0 radical (unpaired) electrons. The Labute approximate surface area is 134 Å². The highest BCUT2D eigenvalue weighted by molar-refractivity contribution is 8.07. The molecule has 7 unspecified atom stereocenters. The van der Waals surface area contributed by atoms with Crippen LogP contribution in [0, 0.1) is 11.8 Å². The monoisotopic (exact) mass is 325 g/mol. The van der Waals surface area contributed by atoms with E-state index in [1.54, 1.807) is 0 Å². The smallest absolute Gasteiger partial charge is 0.231 e. The predicted octanol–water partition coefficient (Wildman–Crippen LogP) is 3.21. The van der Waals surface area contributed by atoms with Gasteiger partial charge in [0.15, 0.2) is 5.82 Å². The number of hydrogen-bond donors (Lipinski definition) is 1. The minimum Gasteiger partial charge on any atom is -0.339 e. The van der Waals surface area contributed by atoms with Gasteiger partial charge in [0.1, 0.15) is 0 Å². The van der Waals surface area contributed by atoms with E-state index in [2.05, 4.69) is 19.0 Å². The Hall–Kier alpha value is -0.200. The lowest BCUT2D eigenvalue weighted by Gasteiger charge is -2.29. The molecule has 2 N–H and O–H groups in total. The van der Waals surface area contributed by atoms with Crippen molar-refractivity contribution >= 4 is 23.5 Å². The van der Waals surface area contributed by atoms with Crippen molar-refractivity contribution in [2.24, 2.45) is 17.6 Å². The highest BCUT2D eigenvalue weighted by atomic mass is 32.2. The first-order chi connectivity index (χ1) is 10.1. The second-order valence-electron chi connectivity index (χ2n) is 6.80. The molecule has 0 amide bonds. The third-order valence-electron chi connectivity index (χ3n) is 5.56. The van der Waals surface area contributed by atoms with Gasteiger partial charge in [-0.2, -0.15) is 16.7 Å². The van der Waals surface area contributed by atoms with E-state index in [4.69, 9.17) is 15.2 Å². The number of fused-ring (bicyclic) bond motifs is 2. The van der Waals surface area contributed by atoms with Crippen LogP contribution in [-0.4, -0.2) is 32.4 Å². The Morgan fingerprint density at radius 2 is 2.00 bits per heavy atom. The maximum Gasteiger partial charge on any atom is 0.231 e. The average Bonchev–Trinajstić information content (AvgIpc) is 3.16. The summed E-state index contributed by atoms with van der Waals surface area (Å²) < 4.78 is 5.62. The molecule has 3 aliphatic rings. The van der Waals surface area contributed by atoms with Crippen LogP contribution in [0.1, 0.15) is 56.0 Å². The van der Waals surface area contributed by atoms with Gasteiger partial charge in [0.25, 0.3) is 0 Å². The van der Waals surface area contributed by atoms with E-state index >= 15 is 0 Å². The molecule has 1 aliphatic heterocycles. The second kappa shape index (κ2) is 5.46. The van der Waals surface area contributed by atoms with Crippen LogP contribution in [0.4, 0.5) is 0 Å². The summed E-state index contributed by atoms with van der Waals surface area (Å²) in [7, 11) is 0. The molecule has 4 rings (SSSR count). The van der Waals surface area contributed by atoms with Gasteiger partial charge >= 0.3 is 0 Å². The minimum absolute atomic E-state index is 0.226.